The molecule has 2 amide bonds. The van der Waals surface area contributed by atoms with Crippen molar-refractivity contribution in [1.29, 1.82) is 0 Å². The number of amides is 2. The first kappa shape index (κ1) is 22.7. The molecule has 1 fully saturated rings. The fourth-order valence-corrected chi connectivity index (χ4v) is 5.69. The molecule has 0 aliphatic heterocycles. The van der Waals surface area contributed by atoms with E-state index in [2.05, 4.69) is 10.6 Å². The number of benzene rings is 2. The Kier molecular flexibility index (Phi) is 7.08. The van der Waals surface area contributed by atoms with Gasteiger partial charge < -0.3 is 10.2 Å². The highest BCUT2D eigenvalue weighted by Crippen LogP contribution is 2.35. The molecule has 1 saturated carbocycles. The first-order valence-electron chi connectivity index (χ1n) is 10.6. The highest BCUT2D eigenvalue weighted by Gasteiger charge is 2.25. The van der Waals surface area contributed by atoms with Crippen LogP contribution >= 0.6 is 35.2 Å². The number of para-hydroxylation sites is 1. The van der Waals surface area contributed by atoms with Crippen molar-refractivity contribution in [3.63, 3.8) is 0 Å². The third kappa shape index (κ3) is 4.80. The predicted molar refractivity (Wildman–Crippen MR) is 136 cm³/mol. The number of fused-ring (bicyclic) bond motifs is 1. The molecule has 0 unspecified atom stereocenters. The third-order valence-corrected chi connectivity index (χ3v) is 7.69. The Hall–Kier alpha value is -2.48. The summed E-state index contributed by atoms with van der Waals surface area (Å²) in [6.45, 7) is 0. The smallest absolute Gasteiger partial charge is 0.269 e. The Bertz CT molecular complexity index is 1170. The fraction of sp³-hybridized carbons (Fsp3) is 0.292. The molecule has 5 nitrogen and oxygen atoms in total. The van der Waals surface area contributed by atoms with Crippen LogP contribution in [0.3, 0.4) is 0 Å². The zero-order valence-electron chi connectivity index (χ0n) is 17.7. The number of rotatable bonds is 4. The van der Waals surface area contributed by atoms with Crippen LogP contribution in [0.15, 0.2) is 48.5 Å². The van der Waals surface area contributed by atoms with E-state index < -0.39 is 0 Å². The molecule has 0 radical (unpaired) electrons. The summed E-state index contributed by atoms with van der Waals surface area (Å²) < 4.78 is 0.934. The van der Waals surface area contributed by atoms with Crippen molar-refractivity contribution < 1.29 is 9.59 Å². The second-order valence-electron chi connectivity index (χ2n) is 7.90. The summed E-state index contributed by atoms with van der Waals surface area (Å²) >= 11 is 13.1. The van der Waals surface area contributed by atoms with E-state index in [-0.39, 0.29) is 23.0 Å². The molecule has 1 aromatic heterocycles. The van der Waals surface area contributed by atoms with Gasteiger partial charge in [0.1, 0.15) is 4.88 Å². The molecule has 1 aliphatic rings. The summed E-state index contributed by atoms with van der Waals surface area (Å²) in [5, 5.41) is 7.07. The number of carbonyl (C=O) groups excluding carboxylic acids is 2. The van der Waals surface area contributed by atoms with Gasteiger partial charge in [-0.1, -0.05) is 61.2 Å². The van der Waals surface area contributed by atoms with Gasteiger partial charge in [0.25, 0.3) is 11.8 Å². The molecule has 4 rings (SSSR count). The van der Waals surface area contributed by atoms with Gasteiger partial charge in [-0.2, -0.15) is 0 Å². The number of hydrogen-bond donors (Lipinski definition) is 2. The lowest BCUT2D eigenvalue weighted by Gasteiger charge is -2.31. The minimum atomic E-state index is -0.378. The number of carbonyl (C=O) groups is 2. The zero-order chi connectivity index (χ0) is 22.7. The van der Waals surface area contributed by atoms with Crippen molar-refractivity contribution in [2.24, 2.45) is 0 Å². The summed E-state index contributed by atoms with van der Waals surface area (Å²) in [6.07, 6.45) is 5.59. The summed E-state index contributed by atoms with van der Waals surface area (Å²) in [5.41, 5.74) is 1.09. The van der Waals surface area contributed by atoms with Gasteiger partial charge >= 0.3 is 0 Å². The van der Waals surface area contributed by atoms with Crippen molar-refractivity contribution >= 4 is 67.9 Å². The summed E-state index contributed by atoms with van der Waals surface area (Å²) in [6, 6.07) is 15.1. The van der Waals surface area contributed by atoms with Gasteiger partial charge in [-0.3, -0.25) is 14.9 Å². The van der Waals surface area contributed by atoms with Gasteiger partial charge in [-0.15, -0.1) is 11.3 Å². The average molecular weight is 486 g/mol. The molecule has 3 aromatic rings. The van der Waals surface area contributed by atoms with Crippen LogP contribution in [0, 0.1) is 0 Å². The number of hydrogen-bond acceptors (Lipinski definition) is 4. The molecule has 0 spiro atoms. The third-order valence-electron chi connectivity index (χ3n) is 5.82. The van der Waals surface area contributed by atoms with Crippen molar-refractivity contribution in [2.45, 2.75) is 38.1 Å². The van der Waals surface area contributed by atoms with Gasteiger partial charge in [0.15, 0.2) is 5.11 Å². The van der Waals surface area contributed by atoms with Crippen LogP contribution in [0.2, 0.25) is 5.02 Å². The van der Waals surface area contributed by atoms with Crippen molar-refractivity contribution in [3.05, 3.63) is 64.0 Å². The normalized spacial score (nSPS) is 14.2. The molecule has 32 heavy (non-hydrogen) atoms. The monoisotopic (exact) mass is 485 g/mol. The van der Waals surface area contributed by atoms with E-state index in [0.717, 1.165) is 35.8 Å². The molecular weight excluding hydrogens is 462 g/mol. The SMILES string of the molecule is CN(C(=O)c1ccccc1NC(=S)NC(=O)c1sc2ccccc2c1Cl)C1CCCCC1. The lowest BCUT2D eigenvalue weighted by molar-refractivity contribution is 0.0697. The van der Waals surface area contributed by atoms with Crippen LogP contribution in [-0.4, -0.2) is 34.9 Å². The lowest BCUT2D eigenvalue weighted by Crippen LogP contribution is -2.39. The minimum absolute atomic E-state index is 0.0540. The van der Waals surface area contributed by atoms with Crippen molar-refractivity contribution in [2.75, 3.05) is 12.4 Å². The topological polar surface area (TPSA) is 61.4 Å². The van der Waals surface area contributed by atoms with Crippen LogP contribution in [0.4, 0.5) is 5.69 Å². The van der Waals surface area contributed by atoms with E-state index >= 15 is 0 Å². The summed E-state index contributed by atoms with van der Waals surface area (Å²) in [5.74, 6) is -0.432. The molecule has 0 bridgehead atoms. The average Bonchev–Trinajstić information content (AvgIpc) is 3.16. The quantitative estimate of drug-likeness (QED) is 0.439. The Morgan fingerprint density at radius 3 is 2.50 bits per heavy atom. The Balaban J connectivity index is 1.47. The van der Waals surface area contributed by atoms with Crippen LogP contribution in [0.5, 0.6) is 0 Å². The number of anilines is 1. The molecule has 1 aliphatic carbocycles. The maximum absolute atomic E-state index is 13.2. The fourth-order valence-electron chi connectivity index (χ4n) is 4.08. The highest BCUT2D eigenvalue weighted by atomic mass is 35.5. The van der Waals surface area contributed by atoms with Crippen LogP contribution in [0.1, 0.15) is 52.1 Å². The maximum Gasteiger partial charge on any atom is 0.269 e. The Morgan fingerprint density at radius 2 is 1.75 bits per heavy atom. The molecule has 0 atom stereocenters. The van der Waals surface area contributed by atoms with Crippen LogP contribution in [0.25, 0.3) is 10.1 Å². The second-order valence-corrected chi connectivity index (χ2v) is 9.74. The van der Waals surface area contributed by atoms with E-state index in [0.29, 0.717) is 21.2 Å². The summed E-state index contributed by atoms with van der Waals surface area (Å²) in [7, 11) is 1.86. The first-order chi connectivity index (χ1) is 15.5. The van der Waals surface area contributed by atoms with E-state index in [1.165, 1.54) is 17.8 Å². The number of thiophene rings is 1. The van der Waals surface area contributed by atoms with E-state index in [1.54, 1.807) is 12.1 Å². The molecule has 1 heterocycles. The minimum Gasteiger partial charge on any atom is -0.339 e. The van der Waals surface area contributed by atoms with Crippen LogP contribution in [-0.2, 0) is 0 Å². The molecule has 2 aromatic carbocycles. The van der Waals surface area contributed by atoms with E-state index in [1.807, 2.05) is 48.3 Å². The van der Waals surface area contributed by atoms with E-state index in [9.17, 15) is 9.59 Å². The summed E-state index contributed by atoms with van der Waals surface area (Å²) in [4.78, 5) is 28.2. The molecular formula is C24H24ClN3O2S2. The van der Waals surface area contributed by atoms with Crippen molar-refractivity contribution in [3.8, 4) is 0 Å². The number of nitrogens with zero attached hydrogens (tertiary/aromatic N) is 1. The van der Waals surface area contributed by atoms with Gasteiger partial charge in [-0.25, -0.2) is 0 Å². The molecule has 0 saturated heterocycles. The number of nitrogens with one attached hydrogen (secondary N) is 2. The predicted octanol–water partition coefficient (Wildman–Crippen LogP) is 6.09. The van der Waals surface area contributed by atoms with Gasteiger partial charge in [-0.05, 0) is 43.3 Å². The lowest BCUT2D eigenvalue weighted by atomic mass is 9.94. The zero-order valence-corrected chi connectivity index (χ0v) is 20.1. The Morgan fingerprint density at radius 1 is 1.06 bits per heavy atom. The standard InChI is InChI=1S/C24H24ClN3O2S2/c1-28(15-9-3-2-4-10-15)23(30)16-11-5-7-13-18(16)26-24(31)27-22(29)21-20(25)17-12-6-8-14-19(17)32-21/h5-8,11-15H,2-4,9-10H2,1H3,(H2,26,27,29,31). The second kappa shape index (κ2) is 9.98. The molecule has 8 heteroatoms. The Labute approximate surface area is 201 Å². The number of halogens is 1. The van der Waals surface area contributed by atoms with Crippen LogP contribution < -0.4 is 10.6 Å². The van der Waals surface area contributed by atoms with Crippen molar-refractivity contribution in [1.82, 2.24) is 10.2 Å². The largest absolute Gasteiger partial charge is 0.339 e. The maximum atomic E-state index is 13.2. The van der Waals surface area contributed by atoms with E-state index in [4.69, 9.17) is 23.8 Å². The molecule has 166 valence electrons. The first-order valence-corrected chi connectivity index (χ1v) is 12.2. The number of thiocarbonyl (C=S) groups is 1. The van der Waals surface area contributed by atoms with Gasteiger partial charge in [0, 0.05) is 23.2 Å². The molecule has 2 N–H and O–H groups in total. The van der Waals surface area contributed by atoms with Gasteiger partial charge in [0.2, 0.25) is 0 Å². The highest BCUT2D eigenvalue weighted by molar-refractivity contribution is 7.80. The van der Waals surface area contributed by atoms with Gasteiger partial charge in [0.05, 0.1) is 16.3 Å².